The van der Waals surface area contributed by atoms with E-state index in [9.17, 15) is 13.2 Å². The van der Waals surface area contributed by atoms with E-state index in [2.05, 4.69) is 10.5 Å². The zero-order chi connectivity index (χ0) is 23.6. The summed E-state index contributed by atoms with van der Waals surface area (Å²) in [4.78, 5) is 12.8. The highest BCUT2D eigenvalue weighted by Crippen LogP contribution is 2.25. The van der Waals surface area contributed by atoms with Crippen molar-refractivity contribution >= 4 is 33.0 Å². The van der Waals surface area contributed by atoms with Gasteiger partial charge in [0.05, 0.1) is 29.3 Å². The van der Waals surface area contributed by atoms with Crippen molar-refractivity contribution in [2.75, 3.05) is 7.11 Å². The van der Waals surface area contributed by atoms with Crippen molar-refractivity contribution in [2.45, 2.75) is 18.7 Å². The Kier molecular flexibility index (Phi) is 6.02. The molecular weight excluding hydrogens is 438 g/mol. The molecule has 0 saturated carbocycles. The van der Waals surface area contributed by atoms with E-state index in [4.69, 9.17) is 4.74 Å². The van der Waals surface area contributed by atoms with Crippen LogP contribution in [0.15, 0.2) is 82.9 Å². The lowest BCUT2D eigenvalue weighted by atomic mass is 10.1. The van der Waals surface area contributed by atoms with Crippen LogP contribution in [0, 0.1) is 13.8 Å². The largest absolute Gasteiger partial charge is 0.496 e. The summed E-state index contributed by atoms with van der Waals surface area (Å²) < 4.78 is 33.1. The quantitative estimate of drug-likeness (QED) is 0.343. The fourth-order valence-corrected chi connectivity index (χ4v) is 4.89. The molecule has 168 valence electrons. The van der Waals surface area contributed by atoms with Gasteiger partial charge in [-0.15, -0.1) is 0 Å². The average molecular weight is 462 g/mol. The van der Waals surface area contributed by atoms with E-state index in [1.54, 1.807) is 48.5 Å². The summed E-state index contributed by atoms with van der Waals surface area (Å²) in [6.07, 6.45) is 2.93. The minimum atomic E-state index is -3.81. The number of amides is 1. The molecule has 8 heteroatoms. The van der Waals surface area contributed by atoms with Crippen LogP contribution in [0.2, 0.25) is 0 Å². The second-order valence-electron chi connectivity index (χ2n) is 7.62. The predicted octanol–water partition coefficient (Wildman–Crippen LogP) is 4.27. The average Bonchev–Trinajstić information content (AvgIpc) is 3.18. The Hall–Kier alpha value is -3.91. The first-order valence-corrected chi connectivity index (χ1v) is 11.7. The van der Waals surface area contributed by atoms with Gasteiger partial charge in [-0.25, -0.2) is 17.8 Å². The Balaban J connectivity index is 1.66. The third-order valence-corrected chi connectivity index (χ3v) is 6.95. The number of fused-ring (bicyclic) bond motifs is 1. The highest BCUT2D eigenvalue weighted by atomic mass is 32.2. The number of nitrogens with one attached hydrogen (secondary N) is 1. The number of ether oxygens (including phenoxy) is 1. The second kappa shape index (κ2) is 8.91. The summed E-state index contributed by atoms with van der Waals surface area (Å²) in [5.41, 5.74) is 5.85. The summed E-state index contributed by atoms with van der Waals surface area (Å²) >= 11 is 0. The molecule has 3 aromatic carbocycles. The molecule has 0 radical (unpaired) electrons. The molecular formula is C25H23N3O4S. The highest BCUT2D eigenvalue weighted by molar-refractivity contribution is 7.90. The molecule has 0 aliphatic heterocycles. The number of aromatic nitrogens is 1. The van der Waals surface area contributed by atoms with Crippen molar-refractivity contribution in [3.8, 4) is 5.75 Å². The Morgan fingerprint density at radius 2 is 1.70 bits per heavy atom. The SMILES string of the molecule is COc1cc(C)ccc1C(=O)N/N=C/c1cn(S(=O)(=O)c2ccc(C)cc2)c2ccccc12. The standard InChI is InChI=1S/C25H23N3O4S/c1-17-8-11-20(12-9-17)33(30,31)28-16-19(21-6-4-5-7-23(21)28)15-26-27-25(29)22-13-10-18(2)14-24(22)32-3/h4-16H,1-3H3,(H,27,29)/b26-15+. The lowest BCUT2D eigenvalue weighted by molar-refractivity contribution is 0.0952. The van der Waals surface area contributed by atoms with Crippen LogP contribution in [0.4, 0.5) is 0 Å². The van der Waals surface area contributed by atoms with Gasteiger partial charge < -0.3 is 4.74 Å². The van der Waals surface area contributed by atoms with Crippen molar-refractivity contribution in [2.24, 2.45) is 5.10 Å². The van der Waals surface area contributed by atoms with Gasteiger partial charge in [0.15, 0.2) is 0 Å². The first-order chi connectivity index (χ1) is 15.8. The van der Waals surface area contributed by atoms with Crippen LogP contribution in [0.25, 0.3) is 10.9 Å². The number of rotatable bonds is 6. The van der Waals surface area contributed by atoms with E-state index in [0.29, 0.717) is 27.8 Å². The Bertz CT molecular complexity index is 1470. The number of aryl methyl sites for hydroxylation is 2. The van der Waals surface area contributed by atoms with Gasteiger partial charge in [0, 0.05) is 17.1 Å². The molecule has 0 spiro atoms. The maximum absolute atomic E-state index is 13.3. The fraction of sp³-hybridized carbons (Fsp3) is 0.120. The normalized spacial score (nSPS) is 11.7. The number of carbonyl (C=O) groups is 1. The topological polar surface area (TPSA) is 89.8 Å². The van der Waals surface area contributed by atoms with Crippen LogP contribution in [-0.2, 0) is 10.0 Å². The first kappa shape index (κ1) is 22.3. The molecule has 7 nitrogen and oxygen atoms in total. The van der Waals surface area contributed by atoms with Gasteiger partial charge >= 0.3 is 0 Å². The summed E-state index contributed by atoms with van der Waals surface area (Å²) in [7, 11) is -2.31. The maximum atomic E-state index is 13.3. The highest BCUT2D eigenvalue weighted by Gasteiger charge is 2.20. The molecule has 0 unspecified atom stereocenters. The predicted molar refractivity (Wildman–Crippen MR) is 128 cm³/mol. The molecule has 4 aromatic rings. The lowest BCUT2D eigenvalue weighted by Gasteiger charge is -2.07. The van der Waals surface area contributed by atoms with Crippen molar-refractivity contribution < 1.29 is 17.9 Å². The third-order valence-electron chi connectivity index (χ3n) is 5.26. The van der Waals surface area contributed by atoms with Gasteiger partial charge in [-0.05, 0) is 49.7 Å². The van der Waals surface area contributed by atoms with Gasteiger partial charge in [0.2, 0.25) is 0 Å². The van der Waals surface area contributed by atoms with Crippen molar-refractivity contribution in [3.05, 3.63) is 95.2 Å². The number of hydrogen-bond donors (Lipinski definition) is 1. The smallest absolute Gasteiger partial charge is 0.275 e. The molecule has 33 heavy (non-hydrogen) atoms. The molecule has 0 fully saturated rings. The zero-order valence-corrected chi connectivity index (χ0v) is 19.3. The van der Waals surface area contributed by atoms with E-state index in [1.807, 2.05) is 32.0 Å². The van der Waals surface area contributed by atoms with E-state index in [-0.39, 0.29) is 4.90 Å². The molecule has 1 aromatic heterocycles. The number of para-hydroxylation sites is 1. The van der Waals surface area contributed by atoms with E-state index in [0.717, 1.165) is 11.1 Å². The summed E-state index contributed by atoms with van der Waals surface area (Å²) in [5, 5.41) is 4.75. The van der Waals surface area contributed by atoms with Crippen LogP contribution >= 0.6 is 0 Å². The fourth-order valence-electron chi connectivity index (χ4n) is 3.51. The Labute approximate surface area is 192 Å². The summed E-state index contributed by atoms with van der Waals surface area (Å²) in [5.74, 6) is 0.0163. The van der Waals surface area contributed by atoms with Crippen LogP contribution in [0.5, 0.6) is 5.75 Å². The monoisotopic (exact) mass is 461 g/mol. The second-order valence-corrected chi connectivity index (χ2v) is 9.43. The molecule has 0 aliphatic carbocycles. The van der Waals surface area contributed by atoms with Crippen molar-refractivity contribution in [1.29, 1.82) is 0 Å². The lowest BCUT2D eigenvalue weighted by Crippen LogP contribution is -2.18. The minimum absolute atomic E-state index is 0.192. The number of methoxy groups -OCH3 is 1. The van der Waals surface area contributed by atoms with Gasteiger partial charge in [0.25, 0.3) is 15.9 Å². The van der Waals surface area contributed by atoms with Crippen LogP contribution in [0.1, 0.15) is 27.0 Å². The van der Waals surface area contributed by atoms with E-state index in [1.165, 1.54) is 23.5 Å². The van der Waals surface area contributed by atoms with Gasteiger partial charge in [-0.1, -0.05) is 42.0 Å². The van der Waals surface area contributed by atoms with Crippen LogP contribution in [0.3, 0.4) is 0 Å². The van der Waals surface area contributed by atoms with Crippen molar-refractivity contribution in [1.82, 2.24) is 9.40 Å². The number of benzene rings is 3. The molecule has 1 heterocycles. The molecule has 4 rings (SSSR count). The summed E-state index contributed by atoms with van der Waals surface area (Å²) in [6, 6.07) is 19.1. The van der Waals surface area contributed by atoms with Crippen molar-refractivity contribution in [3.63, 3.8) is 0 Å². The molecule has 0 atom stereocenters. The number of hydrogen-bond acceptors (Lipinski definition) is 5. The number of carbonyl (C=O) groups excluding carboxylic acids is 1. The first-order valence-electron chi connectivity index (χ1n) is 10.2. The maximum Gasteiger partial charge on any atom is 0.275 e. The molecule has 0 aliphatic rings. The van der Waals surface area contributed by atoms with Crippen LogP contribution < -0.4 is 10.2 Å². The summed E-state index contributed by atoms with van der Waals surface area (Å²) in [6.45, 7) is 3.80. The number of hydrazone groups is 1. The van der Waals surface area contributed by atoms with Gasteiger partial charge in [-0.2, -0.15) is 5.10 Å². The molecule has 0 bridgehead atoms. The van der Waals surface area contributed by atoms with E-state index < -0.39 is 15.9 Å². The Morgan fingerprint density at radius 1 is 1.00 bits per heavy atom. The molecule has 0 saturated heterocycles. The Morgan fingerprint density at radius 3 is 2.42 bits per heavy atom. The van der Waals surface area contributed by atoms with Gasteiger partial charge in [0.1, 0.15) is 5.75 Å². The third kappa shape index (κ3) is 4.38. The van der Waals surface area contributed by atoms with Gasteiger partial charge in [-0.3, -0.25) is 4.79 Å². The zero-order valence-electron chi connectivity index (χ0n) is 18.4. The molecule has 1 amide bonds. The van der Waals surface area contributed by atoms with Crippen LogP contribution in [-0.4, -0.2) is 31.6 Å². The minimum Gasteiger partial charge on any atom is -0.496 e. The van der Waals surface area contributed by atoms with E-state index >= 15 is 0 Å². The molecule has 1 N–H and O–H groups in total. The number of nitrogens with zero attached hydrogens (tertiary/aromatic N) is 2.